The van der Waals surface area contributed by atoms with Gasteiger partial charge in [-0.25, -0.2) is 9.18 Å². The number of halogens is 2. The summed E-state index contributed by atoms with van der Waals surface area (Å²) in [6.45, 7) is 0. The Bertz CT molecular complexity index is 786. The van der Waals surface area contributed by atoms with E-state index in [-0.39, 0.29) is 17.0 Å². The van der Waals surface area contributed by atoms with E-state index in [0.29, 0.717) is 11.1 Å². The van der Waals surface area contributed by atoms with Crippen molar-refractivity contribution in [2.24, 2.45) is 0 Å². The Morgan fingerprint density at radius 3 is 2.48 bits per heavy atom. The van der Waals surface area contributed by atoms with Crippen molar-refractivity contribution >= 4 is 29.1 Å². The number of rotatable bonds is 6. The maximum atomic E-state index is 13.9. The van der Waals surface area contributed by atoms with Gasteiger partial charge in [0.25, 0.3) is 0 Å². The van der Waals surface area contributed by atoms with Crippen molar-refractivity contribution in [2.75, 3.05) is 0 Å². The standard InChI is InChI=1S/C17H12ClFO4/c18-13-6-2-5-12(16(13)19)8-10-3-1-4-11(7-10)14(20)9-15(21)17(22)23/h1-7H,8-9H2,(H,22,23). The number of hydrogen-bond acceptors (Lipinski definition) is 3. The monoisotopic (exact) mass is 334 g/mol. The van der Waals surface area contributed by atoms with Gasteiger partial charge in [0, 0.05) is 12.0 Å². The maximum absolute atomic E-state index is 13.9. The summed E-state index contributed by atoms with van der Waals surface area (Å²) in [6.07, 6.45) is -0.481. The molecule has 2 aromatic rings. The van der Waals surface area contributed by atoms with Crippen LogP contribution in [-0.2, 0) is 16.0 Å². The number of carbonyl (C=O) groups is 3. The van der Waals surface area contributed by atoms with Crippen molar-refractivity contribution in [1.29, 1.82) is 0 Å². The quantitative estimate of drug-likeness (QED) is 0.500. The van der Waals surface area contributed by atoms with Crippen molar-refractivity contribution in [1.82, 2.24) is 0 Å². The second-order valence-corrected chi connectivity index (χ2v) is 5.33. The Balaban J connectivity index is 2.20. The first kappa shape index (κ1) is 16.8. The smallest absolute Gasteiger partial charge is 0.372 e. The molecule has 0 aliphatic rings. The lowest BCUT2D eigenvalue weighted by atomic mass is 9.99. The molecule has 0 heterocycles. The van der Waals surface area contributed by atoms with Gasteiger partial charge in [0.05, 0.1) is 11.4 Å². The van der Waals surface area contributed by atoms with Crippen molar-refractivity contribution in [2.45, 2.75) is 12.8 Å². The highest BCUT2D eigenvalue weighted by atomic mass is 35.5. The zero-order valence-corrected chi connectivity index (χ0v) is 12.6. The molecule has 0 atom stereocenters. The van der Waals surface area contributed by atoms with Crippen LogP contribution in [0, 0.1) is 5.82 Å². The number of carboxylic acid groups (broad SMARTS) is 1. The lowest BCUT2D eigenvalue weighted by Crippen LogP contribution is -2.17. The molecular formula is C17H12ClFO4. The molecule has 6 heteroatoms. The number of carbonyl (C=O) groups excluding carboxylic acids is 2. The Morgan fingerprint density at radius 2 is 1.78 bits per heavy atom. The highest BCUT2D eigenvalue weighted by Gasteiger charge is 2.18. The van der Waals surface area contributed by atoms with Crippen LogP contribution in [0.3, 0.4) is 0 Å². The molecule has 0 saturated heterocycles. The molecule has 0 aromatic heterocycles. The van der Waals surface area contributed by atoms with Crippen LogP contribution in [0.5, 0.6) is 0 Å². The van der Waals surface area contributed by atoms with Crippen LogP contribution < -0.4 is 0 Å². The van der Waals surface area contributed by atoms with Gasteiger partial charge in [-0.2, -0.15) is 0 Å². The number of Topliss-reactive ketones (excluding diaryl/α,β-unsaturated/α-hetero) is 2. The minimum Gasteiger partial charge on any atom is -0.475 e. The summed E-state index contributed by atoms with van der Waals surface area (Å²) in [5.74, 6) is -3.92. The fourth-order valence-electron chi connectivity index (χ4n) is 2.08. The van der Waals surface area contributed by atoms with Crippen LogP contribution in [0.4, 0.5) is 4.39 Å². The molecule has 118 valence electrons. The normalized spacial score (nSPS) is 10.3. The van der Waals surface area contributed by atoms with Crippen LogP contribution in [-0.4, -0.2) is 22.6 Å². The third-order valence-electron chi connectivity index (χ3n) is 3.23. The SMILES string of the molecule is O=C(O)C(=O)CC(=O)c1cccc(Cc2cccc(Cl)c2F)c1. The number of ketones is 2. The molecule has 0 aliphatic heterocycles. The summed E-state index contributed by atoms with van der Waals surface area (Å²) in [5, 5.41) is 8.54. The van der Waals surface area contributed by atoms with Gasteiger partial charge in [0.15, 0.2) is 5.78 Å². The highest BCUT2D eigenvalue weighted by molar-refractivity contribution is 6.37. The largest absolute Gasteiger partial charge is 0.475 e. The lowest BCUT2D eigenvalue weighted by Gasteiger charge is -2.06. The van der Waals surface area contributed by atoms with Crippen LogP contribution in [0.2, 0.25) is 5.02 Å². The lowest BCUT2D eigenvalue weighted by molar-refractivity contribution is -0.148. The molecule has 0 amide bonds. The van der Waals surface area contributed by atoms with Crippen molar-refractivity contribution < 1.29 is 23.9 Å². The fourth-order valence-corrected chi connectivity index (χ4v) is 2.28. The first-order valence-electron chi connectivity index (χ1n) is 6.69. The molecule has 0 spiro atoms. The summed E-state index contributed by atoms with van der Waals surface area (Å²) in [7, 11) is 0. The molecule has 1 N–H and O–H groups in total. The summed E-state index contributed by atoms with van der Waals surface area (Å²) in [4.78, 5) is 33.5. The number of carboxylic acids is 1. The van der Waals surface area contributed by atoms with E-state index in [4.69, 9.17) is 16.7 Å². The molecule has 2 aromatic carbocycles. The van der Waals surface area contributed by atoms with Crippen LogP contribution in [0.1, 0.15) is 27.9 Å². The van der Waals surface area contributed by atoms with E-state index in [1.54, 1.807) is 24.3 Å². The van der Waals surface area contributed by atoms with Crippen LogP contribution >= 0.6 is 11.6 Å². The zero-order chi connectivity index (χ0) is 17.0. The third-order valence-corrected chi connectivity index (χ3v) is 3.53. The van der Waals surface area contributed by atoms with Gasteiger partial charge in [-0.3, -0.25) is 9.59 Å². The van der Waals surface area contributed by atoms with E-state index < -0.39 is 29.8 Å². The average molecular weight is 335 g/mol. The Hall–Kier alpha value is -2.53. The Labute approximate surface area is 136 Å². The number of aliphatic carboxylic acids is 1. The maximum Gasteiger partial charge on any atom is 0.372 e. The van der Waals surface area contributed by atoms with Crippen molar-refractivity contribution in [3.63, 3.8) is 0 Å². The topological polar surface area (TPSA) is 71.4 Å². The van der Waals surface area contributed by atoms with E-state index in [0.717, 1.165) is 0 Å². The average Bonchev–Trinajstić information content (AvgIpc) is 2.52. The van der Waals surface area contributed by atoms with Crippen molar-refractivity contribution in [3.05, 3.63) is 70.0 Å². The van der Waals surface area contributed by atoms with Gasteiger partial charge < -0.3 is 5.11 Å². The fraction of sp³-hybridized carbons (Fsp3) is 0.118. The minimum atomic E-state index is -1.64. The van der Waals surface area contributed by atoms with E-state index in [1.165, 1.54) is 18.2 Å². The third kappa shape index (κ3) is 4.23. The second-order valence-electron chi connectivity index (χ2n) is 4.92. The van der Waals surface area contributed by atoms with Crippen molar-refractivity contribution in [3.8, 4) is 0 Å². The number of benzene rings is 2. The first-order chi connectivity index (χ1) is 10.9. The van der Waals surface area contributed by atoms with Gasteiger partial charge in [-0.05, 0) is 23.3 Å². The summed E-state index contributed by atoms with van der Waals surface area (Å²) in [5.41, 5.74) is 1.24. The number of hydrogen-bond donors (Lipinski definition) is 1. The zero-order valence-electron chi connectivity index (χ0n) is 11.9. The van der Waals surface area contributed by atoms with E-state index in [1.807, 2.05) is 0 Å². The molecule has 0 bridgehead atoms. The van der Waals surface area contributed by atoms with Gasteiger partial charge in [0.1, 0.15) is 5.82 Å². The molecule has 2 rings (SSSR count). The van der Waals surface area contributed by atoms with Gasteiger partial charge in [-0.15, -0.1) is 0 Å². The van der Waals surface area contributed by atoms with Crippen LogP contribution in [0.15, 0.2) is 42.5 Å². The molecule has 0 fully saturated rings. The first-order valence-corrected chi connectivity index (χ1v) is 7.07. The highest BCUT2D eigenvalue weighted by Crippen LogP contribution is 2.21. The van der Waals surface area contributed by atoms with E-state index in [9.17, 15) is 18.8 Å². The summed E-state index contributed by atoms with van der Waals surface area (Å²) >= 11 is 5.73. The molecule has 0 aliphatic carbocycles. The van der Waals surface area contributed by atoms with Gasteiger partial charge >= 0.3 is 5.97 Å². The predicted molar refractivity (Wildman–Crippen MR) is 82.2 cm³/mol. The molecule has 4 nitrogen and oxygen atoms in total. The summed E-state index contributed by atoms with van der Waals surface area (Å²) in [6, 6.07) is 10.9. The van der Waals surface area contributed by atoms with E-state index in [2.05, 4.69) is 0 Å². The molecule has 0 radical (unpaired) electrons. The Kier molecular flexibility index (Phi) is 5.24. The summed E-state index contributed by atoms with van der Waals surface area (Å²) < 4.78 is 13.9. The molecule has 23 heavy (non-hydrogen) atoms. The predicted octanol–water partition coefficient (Wildman–Crippen LogP) is 3.30. The molecular weight excluding hydrogens is 323 g/mol. The van der Waals surface area contributed by atoms with Gasteiger partial charge in [-0.1, -0.05) is 41.9 Å². The Morgan fingerprint density at radius 1 is 1.09 bits per heavy atom. The van der Waals surface area contributed by atoms with Crippen LogP contribution in [0.25, 0.3) is 0 Å². The molecule has 0 saturated carbocycles. The molecule has 0 unspecified atom stereocenters. The second kappa shape index (κ2) is 7.15. The minimum absolute atomic E-state index is 0.0155. The van der Waals surface area contributed by atoms with Gasteiger partial charge in [0.2, 0.25) is 5.78 Å². The van der Waals surface area contributed by atoms with E-state index >= 15 is 0 Å².